The first kappa shape index (κ1) is 26.7. The molecule has 0 saturated heterocycles. The number of carbonyl (C=O) groups is 2. The molecule has 5 rings (SSSR count). The summed E-state index contributed by atoms with van der Waals surface area (Å²) < 4.78 is 1.52. The van der Waals surface area contributed by atoms with E-state index in [-0.39, 0.29) is 27.7 Å². The van der Waals surface area contributed by atoms with Gasteiger partial charge in [-0.2, -0.15) is 5.10 Å². The van der Waals surface area contributed by atoms with Crippen LogP contribution < -0.4 is 5.32 Å². The second-order valence-electron chi connectivity index (χ2n) is 8.95. The number of carboxylic acids is 1. The first-order chi connectivity index (χ1) is 18.6. The quantitative estimate of drug-likeness (QED) is 0.216. The number of benzene rings is 3. The van der Waals surface area contributed by atoms with Gasteiger partial charge in [0.05, 0.1) is 43.8 Å². The number of carboxylic acid groups (broad SMARTS) is 1. The maximum absolute atomic E-state index is 13.3. The fraction of sp³-hybridized carbons (Fsp3) is 0.148. The largest absolute Gasteiger partial charge is 0.478 e. The molecule has 9 nitrogen and oxygen atoms in total. The van der Waals surface area contributed by atoms with Crippen molar-refractivity contribution in [1.82, 2.24) is 30.0 Å². The summed E-state index contributed by atoms with van der Waals surface area (Å²) in [4.78, 5) is 36.8. The molecule has 3 N–H and O–H groups in total. The maximum Gasteiger partial charge on any atom is 0.335 e. The van der Waals surface area contributed by atoms with Gasteiger partial charge in [-0.15, -0.1) is 0 Å². The second-order valence-corrected chi connectivity index (χ2v) is 10.2. The van der Waals surface area contributed by atoms with Crippen molar-refractivity contribution in [3.05, 3.63) is 104 Å². The fourth-order valence-electron chi connectivity index (χ4n) is 4.32. The number of aryl methyl sites for hydroxylation is 2. The van der Waals surface area contributed by atoms with Gasteiger partial charge >= 0.3 is 5.97 Å². The van der Waals surface area contributed by atoms with E-state index in [2.05, 4.69) is 20.4 Å². The molecule has 0 fully saturated rings. The number of nitrogens with one attached hydrogen (secondary N) is 2. The van der Waals surface area contributed by atoms with Crippen LogP contribution in [0.4, 0.5) is 0 Å². The lowest BCUT2D eigenvalue weighted by atomic mass is 9.97. The summed E-state index contributed by atoms with van der Waals surface area (Å²) in [5, 5.41) is 17.3. The van der Waals surface area contributed by atoms with Crippen molar-refractivity contribution < 1.29 is 14.7 Å². The number of aromatic amines is 1. The molecule has 0 radical (unpaired) electrons. The highest BCUT2D eigenvalue weighted by atomic mass is 35.5. The Morgan fingerprint density at radius 3 is 2.36 bits per heavy atom. The van der Waals surface area contributed by atoms with Crippen LogP contribution in [-0.2, 0) is 0 Å². The van der Waals surface area contributed by atoms with Crippen LogP contribution in [0.1, 0.15) is 49.4 Å². The monoisotopic (exact) mass is 582 g/mol. The molecule has 198 valence electrons. The molecule has 1 atom stereocenters. The molecule has 2 heterocycles. The molecule has 0 saturated carbocycles. The highest BCUT2D eigenvalue weighted by molar-refractivity contribution is 6.40. The average molecular weight is 584 g/mol. The van der Waals surface area contributed by atoms with E-state index in [9.17, 15) is 14.7 Å². The van der Waals surface area contributed by atoms with Crippen LogP contribution in [0, 0.1) is 13.8 Å². The number of carbonyl (C=O) groups excluding carboxylic acids is 1. The molecule has 0 spiro atoms. The fourth-order valence-corrected chi connectivity index (χ4v) is 5.24. The molecule has 12 heteroatoms. The number of halogens is 3. The summed E-state index contributed by atoms with van der Waals surface area (Å²) in [6.07, 6.45) is 1.53. The third-order valence-corrected chi connectivity index (χ3v) is 7.06. The van der Waals surface area contributed by atoms with Crippen molar-refractivity contribution in [2.75, 3.05) is 6.54 Å². The molecule has 0 aliphatic rings. The van der Waals surface area contributed by atoms with E-state index >= 15 is 0 Å². The standard InChI is InChI=1S/C27H21Cl3N6O3/c1-13-7-17(28)8-22-24(13)34-25(33-22)19(15-3-5-16(6-4-15)27(38)39)11-31-26(37)23-20(29)9-18(10-21(23)30)36-12-32-14(2)35-36/h3-10,12,19H,11H2,1-2H3,(H,31,37)(H,33,34)(H,38,39)/t19-/m0/s1. The van der Waals surface area contributed by atoms with Crippen LogP contribution in [0.5, 0.6) is 0 Å². The van der Waals surface area contributed by atoms with Crippen LogP contribution in [0.15, 0.2) is 54.9 Å². The van der Waals surface area contributed by atoms with Gasteiger partial charge in [-0.1, -0.05) is 46.9 Å². The zero-order valence-electron chi connectivity index (χ0n) is 20.7. The van der Waals surface area contributed by atoms with E-state index in [1.165, 1.54) is 23.1 Å². The number of aromatic nitrogens is 5. The van der Waals surface area contributed by atoms with Gasteiger partial charge in [0, 0.05) is 11.6 Å². The first-order valence-corrected chi connectivity index (χ1v) is 12.9. The molecule has 0 aliphatic heterocycles. The van der Waals surface area contributed by atoms with E-state index in [0.717, 1.165) is 22.2 Å². The summed E-state index contributed by atoms with van der Waals surface area (Å²) in [7, 11) is 0. The molecule has 0 bridgehead atoms. The van der Waals surface area contributed by atoms with Gasteiger partial charge in [0.1, 0.15) is 18.0 Å². The van der Waals surface area contributed by atoms with E-state index in [1.54, 1.807) is 37.3 Å². The number of nitrogens with zero attached hydrogens (tertiary/aromatic N) is 4. The first-order valence-electron chi connectivity index (χ1n) is 11.8. The number of fused-ring (bicyclic) bond motifs is 1. The summed E-state index contributed by atoms with van der Waals surface area (Å²) in [5.41, 5.74) is 3.97. The number of aromatic carboxylic acids is 1. The Morgan fingerprint density at radius 2 is 1.74 bits per heavy atom. The SMILES string of the molecule is Cc1ncn(-c2cc(Cl)c(C(=O)NC[C@@H](c3ccc(C(=O)O)cc3)c3nc4c(C)cc(Cl)cc4[nH]3)c(Cl)c2)n1. The van der Waals surface area contributed by atoms with E-state index < -0.39 is 17.8 Å². The number of imidazole rings is 1. The molecule has 1 amide bonds. The Morgan fingerprint density at radius 1 is 1.05 bits per heavy atom. The van der Waals surface area contributed by atoms with Gasteiger partial charge in [-0.05, 0) is 61.4 Å². The summed E-state index contributed by atoms with van der Waals surface area (Å²) in [5.74, 6) is -0.803. The van der Waals surface area contributed by atoms with Gasteiger partial charge in [0.25, 0.3) is 5.91 Å². The van der Waals surface area contributed by atoms with Crippen LogP contribution in [0.3, 0.4) is 0 Å². The highest BCUT2D eigenvalue weighted by Crippen LogP contribution is 2.30. The van der Waals surface area contributed by atoms with Gasteiger partial charge in [-0.25, -0.2) is 19.4 Å². The third kappa shape index (κ3) is 5.47. The predicted octanol–water partition coefficient (Wildman–Crippen LogP) is 5.98. The average Bonchev–Trinajstić information content (AvgIpc) is 3.50. The zero-order valence-corrected chi connectivity index (χ0v) is 22.9. The normalized spacial score (nSPS) is 12.0. The third-order valence-electron chi connectivity index (χ3n) is 6.24. The highest BCUT2D eigenvalue weighted by Gasteiger charge is 2.23. The molecule has 3 aromatic carbocycles. The summed E-state index contributed by atoms with van der Waals surface area (Å²) >= 11 is 19.2. The van der Waals surface area contributed by atoms with Crippen LogP contribution in [0.25, 0.3) is 16.7 Å². The molecule has 0 aliphatic carbocycles. The number of hydrogen-bond acceptors (Lipinski definition) is 5. The van der Waals surface area contributed by atoms with Crippen LogP contribution in [0.2, 0.25) is 15.1 Å². The summed E-state index contributed by atoms with van der Waals surface area (Å²) in [6.45, 7) is 3.78. The van der Waals surface area contributed by atoms with E-state index in [0.29, 0.717) is 22.4 Å². The molecular weight excluding hydrogens is 563 g/mol. The van der Waals surface area contributed by atoms with Gasteiger partial charge in [-0.3, -0.25) is 4.79 Å². The number of rotatable bonds is 7. The minimum atomic E-state index is -1.03. The van der Waals surface area contributed by atoms with Gasteiger partial charge in [0.15, 0.2) is 0 Å². The minimum Gasteiger partial charge on any atom is -0.478 e. The lowest BCUT2D eigenvalue weighted by Crippen LogP contribution is -2.30. The van der Waals surface area contributed by atoms with Gasteiger partial charge in [0.2, 0.25) is 0 Å². The molecule has 0 unspecified atom stereocenters. The topological polar surface area (TPSA) is 126 Å². The van der Waals surface area contributed by atoms with Crippen molar-refractivity contribution in [2.45, 2.75) is 19.8 Å². The minimum absolute atomic E-state index is 0.117. The van der Waals surface area contributed by atoms with Gasteiger partial charge < -0.3 is 15.4 Å². The van der Waals surface area contributed by atoms with Crippen LogP contribution >= 0.6 is 34.8 Å². The molecular formula is C27H21Cl3N6O3. The number of H-pyrrole nitrogens is 1. The van der Waals surface area contributed by atoms with Crippen molar-refractivity contribution in [3.63, 3.8) is 0 Å². The van der Waals surface area contributed by atoms with Crippen molar-refractivity contribution in [2.24, 2.45) is 0 Å². The predicted molar refractivity (Wildman–Crippen MR) is 150 cm³/mol. The van der Waals surface area contributed by atoms with Crippen molar-refractivity contribution in [3.8, 4) is 5.69 Å². The number of amides is 1. The zero-order chi connectivity index (χ0) is 27.8. The maximum atomic E-state index is 13.3. The Kier molecular flexibility index (Phi) is 7.31. The molecule has 2 aromatic heterocycles. The Labute approximate surface area is 237 Å². The lowest BCUT2D eigenvalue weighted by molar-refractivity contribution is 0.0696. The molecule has 39 heavy (non-hydrogen) atoms. The van der Waals surface area contributed by atoms with Crippen molar-refractivity contribution in [1.29, 1.82) is 0 Å². The Hall–Kier alpha value is -3.92. The van der Waals surface area contributed by atoms with E-state index in [4.69, 9.17) is 39.8 Å². The lowest BCUT2D eigenvalue weighted by Gasteiger charge is -2.17. The van der Waals surface area contributed by atoms with Crippen LogP contribution in [-0.4, -0.2) is 48.3 Å². The Balaban J connectivity index is 1.46. The van der Waals surface area contributed by atoms with Crippen molar-refractivity contribution >= 4 is 57.7 Å². The molecule has 5 aromatic rings. The number of hydrogen-bond donors (Lipinski definition) is 3. The second kappa shape index (κ2) is 10.7. The Bertz CT molecular complexity index is 1710. The smallest absolute Gasteiger partial charge is 0.335 e. The summed E-state index contributed by atoms with van der Waals surface area (Å²) in [6, 6.07) is 13.2. The van der Waals surface area contributed by atoms with E-state index in [1.807, 2.05) is 13.0 Å².